The molecule has 1 aliphatic heterocycles. The molecule has 116 valence electrons. The van der Waals surface area contributed by atoms with E-state index in [9.17, 15) is 5.11 Å². The normalized spacial score (nSPS) is 27.9. The first-order chi connectivity index (χ1) is 10.1. The third-order valence-electron chi connectivity index (χ3n) is 4.30. The van der Waals surface area contributed by atoms with Crippen LogP contribution in [0.4, 0.5) is 0 Å². The molecule has 2 aliphatic rings. The van der Waals surface area contributed by atoms with Gasteiger partial charge in [0.25, 0.3) is 0 Å². The second-order valence-electron chi connectivity index (χ2n) is 6.07. The maximum Gasteiger partial charge on any atom is 0.134 e. The molecule has 1 heterocycles. The lowest BCUT2D eigenvalue weighted by molar-refractivity contribution is -0.0698. The van der Waals surface area contributed by atoms with Gasteiger partial charge in [0.1, 0.15) is 18.0 Å². The third kappa shape index (κ3) is 3.89. The van der Waals surface area contributed by atoms with Gasteiger partial charge in [-0.2, -0.15) is 0 Å². The molecule has 1 aromatic rings. The summed E-state index contributed by atoms with van der Waals surface area (Å²) < 4.78 is 11.3. The van der Waals surface area contributed by atoms with Gasteiger partial charge in [-0.1, -0.05) is 18.0 Å². The minimum atomic E-state index is -0.953. The summed E-state index contributed by atoms with van der Waals surface area (Å²) in [5.74, 6) is 0.715. The van der Waals surface area contributed by atoms with Gasteiger partial charge < -0.3 is 14.6 Å². The number of ether oxygens (including phenoxy) is 2. The van der Waals surface area contributed by atoms with Gasteiger partial charge in [-0.3, -0.25) is 4.90 Å². The Balaban J connectivity index is 1.59. The van der Waals surface area contributed by atoms with Crippen LogP contribution in [0.15, 0.2) is 24.3 Å². The molecule has 0 unspecified atom stereocenters. The first-order valence-corrected chi connectivity index (χ1v) is 7.95. The van der Waals surface area contributed by atoms with E-state index in [4.69, 9.17) is 21.1 Å². The number of benzene rings is 1. The van der Waals surface area contributed by atoms with Crippen LogP contribution < -0.4 is 4.74 Å². The number of halogens is 1. The molecule has 1 aromatic carbocycles. The van der Waals surface area contributed by atoms with Crippen molar-refractivity contribution < 1.29 is 14.6 Å². The molecule has 21 heavy (non-hydrogen) atoms. The monoisotopic (exact) mass is 311 g/mol. The molecular weight excluding hydrogens is 290 g/mol. The molecule has 5 heteroatoms. The van der Waals surface area contributed by atoms with Crippen LogP contribution in [-0.4, -0.2) is 54.6 Å². The van der Waals surface area contributed by atoms with Crippen molar-refractivity contribution in [3.8, 4) is 5.75 Å². The highest BCUT2D eigenvalue weighted by Crippen LogP contribution is 2.27. The van der Waals surface area contributed by atoms with Crippen LogP contribution in [0.5, 0.6) is 5.75 Å². The molecule has 1 aliphatic carbocycles. The van der Waals surface area contributed by atoms with Gasteiger partial charge in [0.2, 0.25) is 0 Å². The zero-order valence-electron chi connectivity index (χ0n) is 12.1. The van der Waals surface area contributed by atoms with Crippen molar-refractivity contribution in [1.82, 2.24) is 4.90 Å². The summed E-state index contributed by atoms with van der Waals surface area (Å²) in [4.78, 5) is 2.35. The van der Waals surface area contributed by atoms with Gasteiger partial charge >= 0.3 is 0 Å². The van der Waals surface area contributed by atoms with E-state index in [1.165, 1.54) is 19.3 Å². The van der Waals surface area contributed by atoms with E-state index < -0.39 is 5.60 Å². The summed E-state index contributed by atoms with van der Waals surface area (Å²) >= 11 is 5.85. The number of hydrogen-bond donors (Lipinski definition) is 1. The standard InChI is InChI=1S/C16H22ClNO3/c17-13-4-6-15(7-5-13)21-12-16(19)10-18(8-9-20-11-16)14-2-1-3-14/h4-7,14,19H,1-3,8-12H2/t16-/m0/s1. The van der Waals surface area contributed by atoms with Gasteiger partial charge in [-0.05, 0) is 37.1 Å². The fourth-order valence-electron chi connectivity index (χ4n) is 2.85. The molecule has 3 rings (SSSR count). The maximum absolute atomic E-state index is 10.8. The first-order valence-electron chi connectivity index (χ1n) is 7.57. The van der Waals surface area contributed by atoms with E-state index in [1.54, 1.807) is 12.1 Å². The predicted octanol–water partition coefficient (Wildman–Crippen LogP) is 2.33. The van der Waals surface area contributed by atoms with Crippen LogP contribution in [0, 0.1) is 0 Å². The molecule has 0 aromatic heterocycles. The molecule has 1 saturated carbocycles. The average molecular weight is 312 g/mol. The van der Waals surface area contributed by atoms with Gasteiger partial charge in [0, 0.05) is 24.2 Å². The van der Waals surface area contributed by atoms with Crippen molar-refractivity contribution in [2.24, 2.45) is 0 Å². The molecule has 1 saturated heterocycles. The molecule has 0 amide bonds. The van der Waals surface area contributed by atoms with Crippen molar-refractivity contribution in [3.05, 3.63) is 29.3 Å². The van der Waals surface area contributed by atoms with Crippen LogP contribution in [0.2, 0.25) is 5.02 Å². The highest BCUT2D eigenvalue weighted by atomic mass is 35.5. The van der Waals surface area contributed by atoms with E-state index >= 15 is 0 Å². The Labute approximate surface area is 130 Å². The lowest BCUT2D eigenvalue weighted by Crippen LogP contribution is -2.52. The third-order valence-corrected chi connectivity index (χ3v) is 4.56. The Morgan fingerprint density at radius 3 is 2.76 bits per heavy atom. The maximum atomic E-state index is 10.8. The summed E-state index contributed by atoms with van der Waals surface area (Å²) in [6, 6.07) is 7.80. The summed E-state index contributed by atoms with van der Waals surface area (Å²) in [6.45, 7) is 2.75. The Morgan fingerprint density at radius 1 is 1.33 bits per heavy atom. The van der Waals surface area contributed by atoms with Crippen molar-refractivity contribution in [1.29, 1.82) is 0 Å². The molecule has 1 N–H and O–H groups in total. The first kappa shape index (κ1) is 15.1. The zero-order chi connectivity index (χ0) is 14.7. The Kier molecular flexibility index (Phi) is 4.69. The van der Waals surface area contributed by atoms with Gasteiger partial charge in [0.05, 0.1) is 13.2 Å². The van der Waals surface area contributed by atoms with Crippen molar-refractivity contribution in [2.45, 2.75) is 30.9 Å². The van der Waals surface area contributed by atoms with E-state index in [0.29, 0.717) is 36.6 Å². The lowest BCUT2D eigenvalue weighted by atomic mass is 9.90. The van der Waals surface area contributed by atoms with E-state index in [-0.39, 0.29) is 6.61 Å². The van der Waals surface area contributed by atoms with Crippen LogP contribution in [0.3, 0.4) is 0 Å². The van der Waals surface area contributed by atoms with Gasteiger partial charge in [0.15, 0.2) is 0 Å². The van der Waals surface area contributed by atoms with Crippen molar-refractivity contribution >= 4 is 11.6 Å². The smallest absolute Gasteiger partial charge is 0.134 e. The number of rotatable bonds is 4. The minimum absolute atomic E-state index is 0.234. The Morgan fingerprint density at radius 2 is 2.10 bits per heavy atom. The molecule has 4 nitrogen and oxygen atoms in total. The van der Waals surface area contributed by atoms with Crippen LogP contribution >= 0.6 is 11.6 Å². The topological polar surface area (TPSA) is 41.9 Å². The summed E-state index contributed by atoms with van der Waals surface area (Å²) in [7, 11) is 0. The van der Waals surface area contributed by atoms with E-state index in [0.717, 1.165) is 6.54 Å². The van der Waals surface area contributed by atoms with Crippen LogP contribution in [0.1, 0.15) is 19.3 Å². The van der Waals surface area contributed by atoms with Gasteiger partial charge in [-0.15, -0.1) is 0 Å². The highest BCUT2D eigenvalue weighted by Gasteiger charge is 2.37. The van der Waals surface area contributed by atoms with E-state index in [2.05, 4.69) is 4.90 Å². The quantitative estimate of drug-likeness (QED) is 0.927. The Hall–Kier alpha value is -0.810. The molecule has 0 spiro atoms. The second kappa shape index (κ2) is 6.53. The Bertz CT molecular complexity index is 463. The number of β-amino-alcohol motifs (C(OH)–C–C–N with tert-alkyl or cyclic N) is 1. The van der Waals surface area contributed by atoms with E-state index in [1.807, 2.05) is 12.1 Å². The minimum Gasteiger partial charge on any atom is -0.490 e. The van der Waals surface area contributed by atoms with Gasteiger partial charge in [-0.25, -0.2) is 0 Å². The number of aliphatic hydroxyl groups is 1. The second-order valence-corrected chi connectivity index (χ2v) is 6.51. The molecule has 2 fully saturated rings. The number of nitrogens with zero attached hydrogens (tertiary/aromatic N) is 1. The SMILES string of the molecule is O[C@]1(COc2ccc(Cl)cc2)COCCN(C2CCC2)C1. The zero-order valence-corrected chi connectivity index (χ0v) is 12.9. The molecule has 0 radical (unpaired) electrons. The van der Waals surface area contributed by atoms with Crippen molar-refractivity contribution in [2.75, 3.05) is 32.9 Å². The molecule has 1 atom stereocenters. The molecule has 0 bridgehead atoms. The van der Waals surface area contributed by atoms with Crippen molar-refractivity contribution in [3.63, 3.8) is 0 Å². The summed E-state index contributed by atoms with van der Waals surface area (Å²) in [5, 5.41) is 11.5. The van der Waals surface area contributed by atoms with Crippen LogP contribution in [0.25, 0.3) is 0 Å². The number of hydrogen-bond acceptors (Lipinski definition) is 4. The average Bonchev–Trinajstić information content (AvgIpc) is 2.59. The van der Waals surface area contributed by atoms with Crippen LogP contribution in [-0.2, 0) is 4.74 Å². The summed E-state index contributed by atoms with van der Waals surface area (Å²) in [6.07, 6.45) is 3.75. The fourth-order valence-corrected chi connectivity index (χ4v) is 2.97. The predicted molar refractivity (Wildman–Crippen MR) is 81.9 cm³/mol. The fraction of sp³-hybridized carbons (Fsp3) is 0.625. The lowest BCUT2D eigenvalue weighted by Gasteiger charge is -2.39. The highest BCUT2D eigenvalue weighted by molar-refractivity contribution is 6.30. The molecular formula is C16H22ClNO3. The summed E-state index contributed by atoms with van der Waals surface area (Å²) in [5.41, 5.74) is -0.953. The largest absolute Gasteiger partial charge is 0.490 e.